The predicted molar refractivity (Wildman–Crippen MR) is 95.2 cm³/mol. The lowest BCUT2D eigenvalue weighted by molar-refractivity contribution is 1.08. The van der Waals surface area contributed by atoms with E-state index < -0.39 is 0 Å². The number of aryl methyl sites for hydroxylation is 1. The lowest BCUT2D eigenvalue weighted by Crippen LogP contribution is -2.00. The Bertz CT molecular complexity index is 1020. The molecule has 4 rings (SSSR count). The average Bonchev–Trinajstić information content (AvgIpc) is 3.13. The molecule has 3 heterocycles. The minimum atomic E-state index is 0.291. The number of anilines is 1. The number of nitrogen functional groups attached to an aromatic ring is 1. The third-order valence-electron chi connectivity index (χ3n) is 3.76. The zero-order valence-corrected chi connectivity index (χ0v) is 13.5. The molecule has 4 aromatic rings. The van der Waals surface area contributed by atoms with Gasteiger partial charge in [0.2, 0.25) is 0 Å². The van der Waals surface area contributed by atoms with Gasteiger partial charge < -0.3 is 10.7 Å². The summed E-state index contributed by atoms with van der Waals surface area (Å²) in [6, 6.07) is 11.8. The van der Waals surface area contributed by atoms with Crippen molar-refractivity contribution in [3.05, 3.63) is 60.6 Å². The van der Waals surface area contributed by atoms with Gasteiger partial charge in [0.05, 0.1) is 11.9 Å². The molecule has 7 nitrogen and oxygen atoms in total. The summed E-state index contributed by atoms with van der Waals surface area (Å²) in [5.74, 6) is 1.43. The van der Waals surface area contributed by atoms with Crippen LogP contribution in [0.2, 0.25) is 0 Å². The maximum absolute atomic E-state index is 5.99. The summed E-state index contributed by atoms with van der Waals surface area (Å²) in [7, 11) is 0. The van der Waals surface area contributed by atoms with Gasteiger partial charge in [-0.25, -0.2) is 9.97 Å². The summed E-state index contributed by atoms with van der Waals surface area (Å²) in [5.41, 5.74) is 10.1. The second kappa shape index (κ2) is 6.12. The van der Waals surface area contributed by atoms with E-state index in [9.17, 15) is 0 Å². The second-order valence-electron chi connectivity index (χ2n) is 5.62. The van der Waals surface area contributed by atoms with E-state index >= 15 is 0 Å². The summed E-state index contributed by atoms with van der Waals surface area (Å²) in [4.78, 5) is 16.1. The van der Waals surface area contributed by atoms with E-state index in [0.29, 0.717) is 28.9 Å². The van der Waals surface area contributed by atoms with E-state index in [1.807, 2.05) is 43.3 Å². The summed E-state index contributed by atoms with van der Waals surface area (Å²) < 4.78 is 0. The highest BCUT2D eigenvalue weighted by Crippen LogP contribution is 2.25. The van der Waals surface area contributed by atoms with Crippen molar-refractivity contribution < 1.29 is 0 Å². The Morgan fingerprint density at radius 1 is 0.960 bits per heavy atom. The van der Waals surface area contributed by atoms with Gasteiger partial charge in [-0.1, -0.05) is 23.8 Å². The average molecular weight is 329 g/mol. The third-order valence-corrected chi connectivity index (χ3v) is 3.76. The summed E-state index contributed by atoms with van der Waals surface area (Å²) in [6.07, 6.45) is 5.05. The largest absolute Gasteiger partial charge is 0.382 e. The van der Waals surface area contributed by atoms with Gasteiger partial charge in [-0.05, 0) is 25.1 Å². The molecule has 0 aliphatic heterocycles. The van der Waals surface area contributed by atoms with E-state index in [2.05, 4.69) is 30.1 Å². The van der Waals surface area contributed by atoms with E-state index in [1.54, 1.807) is 18.6 Å². The van der Waals surface area contributed by atoms with Crippen LogP contribution in [0.25, 0.3) is 34.2 Å². The molecule has 0 radical (unpaired) electrons. The van der Waals surface area contributed by atoms with Crippen LogP contribution < -0.4 is 5.73 Å². The van der Waals surface area contributed by atoms with Gasteiger partial charge >= 0.3 is 0 Å². The van der Waals surface area contributed by atoms with Gasteiger partial charge in [0, 0.05) is 23.5 Å². The van der Waals surface area contributed by atoms with Crippen molar-refractivity contribution in [1.29, 1.82) is 0 Å². The van der Waals surface area contributed by atoms with Crippen molar-refractivity contribution in [2.45, 2.75) is 6.92 Å². The number of hydrogen-bond acceptors (Lipinski definition) is 6. The van der Waals surface area contributed by atoms with Crippen molar-refractivity contribution in [2.75, 3.05) is 5.73 Å². The van der Waals surface area contributed by atoms with E-state index in [1.165, 1.54) is 0 Å². The first kappa shape index (κ1) is 14.9. The monoisotopic (exact) mass is 329 g/mol. The number of rotatable bonds is 3. The van der Waals surface area contributed by atoms with E-state index in [0.717, 1.165) is 16.7 Å². The SMILES string of the molecule is Cc1cccc(-c2nnc(-c3nc(-c4cccnc4)cnc3N)[nH]2)c1. The normalized spacial score (nSPS) is 10.8. The lowest BCUT2D eigenvalue weighted by atomic mass is 10.1. The van der Waals surface area contributed by atoms with Crippen LogP contribution in [0.1, 0.15) is 5.56 Å². The van der Waals surface area contributed by atoms with Crippen LogP contribution in [0.4, 0.5) is 5.82 Å². The lowest BCUT2D eigenvalue weighted by Gasteiger charge is -2.04. The predicted octanol–water partition coefficient (Wildman–Crippen LogP) is 2.88. The number of pyridine rings is 1. The Hall–Kier alpha value is -3.61. The summed E-state index contributed by atoms with van der Waals surface area (Å²) >= 11 is 0. The van der Waals surface area contributed by atoms with Crippen LogP contribution in [-0.2, 0) is 0 Å². The van der Waals surface area contributed by atoms with Crippen molar-refractivity contribution >= 4 is 5.82 Å². The van der Waals surface area contributed by atoms with Crippen molar-refractivity contribution in [3.8, 4) is 34.2 Å². The first-order chi connectivity index (χ1) is 12.2. The fourth-order valence-corrected chi connectivity index (χ4v) is 2.52. The summed E-state index contributed by atoms with van der Waals surface area (Å²) in [6.45, 7) is 2.03. The molecule has 3 aromatic heterocycles. The van der Waals surface area contributed by atoms with Gasteiger partial charge in [-0.3, -0.25) is 4.98 Å². The molecule has 0 fully saturated rings. The highest BCUT2D eigenvalue weighted by molar-refractivity contribution is 5.69. The van der Waals surface area contributed by atoms with Gasteiger partial charge in [0.25, 0.3) is 0 Å². The van der Waals surface area contributed by atoms with Crippen molar-refractivity contribution in [2.24, 2.45) is 0 Å². The smallest absolute Gasteiger partial charge is 0.184 e. The first-order valence-electron chi connectivity index (χ1n) is 7.74. The maximum atomic E-state index is 5.99. The van der Waals surface area contributed by atoms with E-state index in [4.69, 9.17) is 5.73 Å². The molecule has 0 saturated carbocycles. The fourth-order valence-electron chi connectivity index (χ4n) is 2.52. The fraction of sp³-hybridized carbons (Fsp3) is 0.0556. The third kappa shape index (κ3) is 2.94. The number of hydrogen-bond donors (Lipinski definition) is 2. The van der Waals surface area contributed by atoms with Crippen molar-refractivity contribution in [3.63, 3.8) is 0 Å². The van der Waals surface area contributed by atoms with Crippen LogP contribution in [0.15, 0.2) is 55.0 Å². The molecular formula is C18H15N7. The molecule has 0 bridgehead atoms. The Kier molecular flexibility index (Phi) is 3.66. The van der Waals surface area contributed by atoms with Gasteiger partial charge in [-0.15, -0.1) is 10.2 Å². The molecule has 0 amide bonds. The minimum absolute atomic E-state index is 0.291. The Labute approximate surface area is 144 Å². The topological polar surface area (TPSA) is 106 Å². The molecule has 0 atom stereocenters. The number of H-pyrrole nitrogens is 1. The number of aromatic amines is 1. The quantitative estimate of drug-likeness (QED) is 0.598. The number of nitrogens with zero attached hydrogens (tertiary/aromatic N) is 5. The van der Waals surface area contributed by atoms with Crippen molar-refractivity contribution in [1.82, 2.24) is 30.1 Å². The first-order valence-corrected chi connectivity index (χ1v) is 7.74. The molecule has 1 aromatic carbocycles. The number of nitrogens with one attached hydrogen (secondary N) is 1. The van der Waals surface area contributed by atoms with Crippen LogP contribution in [0.3, 0.4) is 0 Å². The highest BCUT2D eigenvalue weighted by Gasteiger charge is 2.14. The molecular weight excluding hydrogens is 314 g/mol. The molecule has 0 aliphatic rings. The van der Waals surface area contributed by atoms with Crippen LogP contribution in [0.5, 0.6) is 0 Å². The Morgan fingerprint density at radius 3 is 2.60 bits per heavy atom. The van der Waals surface area contributed by atoms with Gasteiger partial charge in [0.15, 0.2) is 23.2 Å². The maximum Gasteiger partial charge on any atom is 0.184 e. The zero-order chi connectivity index (χ0) is 17.2. The zero-order valence-electron chi connectivity index (χ0n) is 13.5. The van der Waals surface area contributed by atoms with Crippen LogP contribution >= 0.6 is 0 Å². The molecule has 0 aliphatic carbocycles. The Morgan fingerprint density at radius 2 is 1.80 bits per heavy atom. The molecule has 25 heavy (non-hydrogen) atoms. The summed E-state index contributed by atoms with van der Waals surface area (Å²) in [5, 5.41) is 8.39. The number of benzene rings is 1. The minimum Gasteiger partial charge on any atom is -0.382 e. The molecule has 0 spiro atoms. The molecule has 7 heteroatoms. The van der Waals surface area contributed by atoms with Gasteiger partial charge in [0.1, 0.15) is 0 Å². The standard InChI is InChI=1S/C18H15N7/c1-11-4-2-5-12(8-11)17-23-18(25-24-17)15-16(19)21-10-14(22-15)13-6-3-7-20-9-13/h2-10H,1H3,(H2,19,21)(H,23,24,25). The highest BCUT2D eigenvalue weighted by atomic mass is 15.2. The number of aromatic nitrogens is 6. The molecule has 122 valence electrons. The van der Waals surface area contributed by atoms with Crippen LogP contribution in [-0.4, -0.2) is 30.1 Å². The number of nitrogens with two attached hydrogens (primary N) is 1. The van der Waals surface area contributed by atoms with Gasteiger partial charge in [-0.2, -0.15) is 0 Å². The van der Waals surface area contributed by atoms with Crippen LogP contribution in [0, 0.1) is 6.92 Å². The Balaban J connectivity index is 1.75. The second-order valence-corrected chi connectivity index (χ2v) is 5.62. The molecule has 0 unspecified atom stereocenters. The molecule has 3 N–H and O–H groups in total. The van der Waals surface area contributed by atoms with E-state index in [-0.39, 0.29) is 0 Å². The molecule has 0 saturated heterocycles.